The molecule has 0 atom stereocenters. The molecule has 0 radical (unpaired) electrons. The van der Waals surface area contributed by atoms with E-state index in [0.717, 1.165) is 27.7 Å². The Morgan fingerprint density at radius 3 is 2.73 bits per heavy atom. The van der Waals surface area contributed by atoms with E-state index >= 15 is 0 Å². The molecule has 0 unspecified atom stereocenters. The highest BCUT2D eigenvalue weighted by molar-refractivity contribution is 7.89. The van der Waals surface area contributed by atoms with Gasteiger partial charge in [0.05, 0.1) is 17.0 Å². The van der Waals surface area contributed by atoms with Gasteiger partial charge in [0.25, 0.3) is 0 Å². The summed E-state index contributed by atoms with van der Waals surface area (Å²) in [5, 5.41) is 1.38. The number of halogens is 1. The van der Waals surface area contributed by atoms with Crippen LogP contribution >= 0.6 is 11.6 Å². The van der Waals surface area contributed by atoms with Crippen LogP contribution in [0.1, 0.15) is 16.8 Å². The van der Waals surface area contributed by atoms with Crippen LogP contribution in [0, 0.1) is 6.92 Å². The number of aromatic nitrogens is 1. The molecule has 0 aliphatic carbocycles. The smallest absolute Gasteiger partial charge is 0.243 e. The molecule has 2 heterocycles. The van der Waals surface area contributed by atoms with Crippen molar-refractivity contribution in [1.29, 1.82) is 0 Å². The van der Waals surface area contributed by atoms with Crippen LogP contribution in [-0.4, -0.2) is 31.4 Å². The fourth-order valence-electron chi connectivity index (χ4n) is 3.47. The minimum absolute atomic E-state index is 0.183. The number of aromatic amines is 1. The molecule has 4 rings (SSSR count). The number of methoxy groups -OCH3 is 1. The molecule has 0 bridgehead atoms. The number of H-pyrrole nitrogens is 1. The molecule has 7 heteroatoms. The third kappa shape index (κ3) is 2.78. The summed E-state index contributed by atoms with van der Waals surface area (Å²) < 4.78 is 32.8. The van der Waals surface area contributed by atoms with Gasteiger partial charge in [-0.2, -0.15) is 4.31 Å². The number of sulfonamides is 1. The van der Waals surface area contributed by atoms with Gasteiger partial charge in [-0.3, -0.25) is 0 Å². The number of rotatable bonds is 3. The van der Waals surface area contributed by atoms with Crippen LogP contribution < -0.4 is 4.74 Å². The molecule has 1 aromatic heterocycles. The van der Waals surface area contributed by atoms with Crippen molar-refractivity contribution in [3.8, 4) is 5.75 Å². The molecule has 1 N–H and O–H groups in total. The van der Waals surface area contributed by atoms with Gasteiger partial charge >= 0.3 is 0 Å². The lowest BCUT2D eigenvalue weighted by molar-refractivity contribution is 0.391. The molecule has 0 fully saturated rings. The SMILES string of the molecule is COc1ccc(S(=O)(=O)N2CCc3[nH]c4ccc(C)cc4c3C2)cc1Cl. The predicted octanol–water partition coefficient (Wildman–Crippen LogP) is 3.89. The van der Waals surface area contributed by atoms with E-state index in [1.54, 1.807) is 6.07 Å². The standard InChI is InChI=1S/C19H19ClN2O3S/c1-12-3-5-17-14(9-12)15-11-22(8-7-18(15)21-17)26(23,24)13-4-6-19(25-2)16(20)10-13/h3-6,9-10,21H,7-8,11H2,1-2H3. The molecule has 0 amide bonds. The average Bonchev–Trinajstić information content (AvgIpc) is 2.98. The minimum Gasteiger partial charge on any atom is -0.495 e. The van der Waals surface area contributed by atoms with Crippen LogP contribution in [0.5, 0.6) is 5.75 Å². The Hall–Kier alpha value is -2.02. The highest BCUT2D eigenvalue weighted by Gasteiger charge is 2.30. The summed E-state index contributed by atoms with van der Waals surface area (Å²) in [6.07, 6.45) is 0.659. The molecule has 2 aromatic carbocycles. The quantitative estimate of drug-likeness (QED) is 0.738. The van der Waals surface area contributed by atoms with Crippen molar-refractivity contribution in [2.75, 3.05) is 13.7 Å². The van der Waals surface area contributed by atoms with E-state index in [1.807, 2.05) is 13.0 Å². The van der Waals surface area contributed by atoms with Gasteiger partial charge < -0.3 is 9.72 Å². The lowest BCUT2D eigenvalue weighted by atomic mass is 10.0. The molecular formula is C19H19ClN2O3S. The van der Waals surface area contributed by atoms with Crippen LogP contribution in [0.4, 0.5) is 0 Å². The lowest BCUT2D eigenvalue weighted by Crippen LogP contribution is -2.35. The second kappa shape index (κ2) is 6.30. The predicted molar refractivity (Wildman–Crippen MR) is 102 cm³/mol. The zero-order valence-electron chi connectivity index (χ0n) is 14.5. The summed E-state index contributed by atoms with van der Waals surface area (Å²) in [6, 6.07) is 10.8. The molecule has 3 aromatic rings. The van der Waals surface area contributed by atoms with Crippen molar-refractivity contribution >= 4 is 32.5 Å². The van der Waals surface area contributed by atoms with E-state index in [1.165, 1.54) is 23.5 Å². The number of ether oxygens (including phenoxy) is 1. The van der Waals surface area contributed by atoms with Gasteiger partial charge in [0.15, 0.2) is 0 Å². The summed E-state index contributed by atoms with van der Waals surface area (Å²) >= 11 is 6.12. The Morgan fingerprint density at radius 1 is 1.19 bits per heavy atom. The first-order chi connectivity index (χ1) is 12.4. The lowest BCUT2D eigenvalue weighted by Gasteiger charge is -2.26. The van der Waals surface area contributed by atoms with E-state index in [9.17, 15) is 8.42 Å². The summed E-state index contributed by atoms with van der Waals surface area (Å²) in [4.78, 5) is 3.60. The van der Waals surface area contributed by atoms with E-state index in [0.29, 0.717) is 25.3 Å². The summed E-state index contributed by atoms with van der Waals surface area (Å²) in [5.41, 5.74) is 4.37. The van der Waals surface area contributed by atoms with Crippen molar-refractivity contribution < 1.29 is 13.2 Å². The molecule has 136 valence electrons. The van der Waals surface area contributed by atoms with E-state index < -0.39 is 10.0 Å². The van der Waals surface area contributed by atoms with Gasteiger partial charge in [0.2, 0.25) is 10.0 Å². The van der Waals surface area contributed by atoms with Crippen LogP contribution in [-0.2, 0) is 23.0 Å². The maximum absolute atomic E-state index is 13.1. The molecule has 1 aliphatic rings. The topological polar surface area (TPSA) is 62.4 Å². The van der Waals surface area contributed by atoms with Crippen molar-refractivity contribution in [2.45, 2.75) is 24.8 Å². The monoisotopic (exact) mass is 390 g/mol. The van der Waals surface area contributed by atoms with Crippen LogP contribution in [0.15, 0.2) is 41.3 Å². The maximum atomic E-state index is 13.1. The number of fused-ring (bicyclic) bond motifs is 3. The molecule has 0 saturated carbocycles. The third-order valence-electron chi connectivity index (χ3n) is 4.86. The third-order valence-corrected chi connectivity index (χ3v) is 6.99. The number of nitrogens with zero attached hydrogens (tertiary/aromatic N) is 1. The summed E-state index contributed by atoms with van der Waals surface area (Å²) in [6.45, 7) is 2.82. The Labute approximate surface area is 157 Å². The highest BCUT2D eigenvalue weighted by atomic mass is 35.5. The number of nitrogens with one attached hydrogen (secondary N) is 1. The van der Waals surface area contributed by atoms with Gasteiger partial charge in [-0.1, -0.05) is 23.2 Å². The van der Waals surface area contributed by atoms with Crippen molar-refractivity contribution in [2.24, 2.45) is 0 Å². The van der Waals surface area contributed by atoms with Crippen molar-refractivity contribution in [3.05, 3.63) is 58.2 Å². The van der Waals surface area contributed by atoms with Gasteiger partial charge in [-0.15, -0.1) is 0 Å². The van der Waals surface area contributed by atoms with Crippen LogP contribution in [0.2, 0.25) is 5.02 Å². The van der Waals surface area contributed by atoms with E-state index in [4.69, 9.17) is 16.3 Å². The second-order valence-electron chi connectivity index (χ2n) is 6.52. The van der Waals surface area contributed by atoms with E-state index in [2.05, 4.69) is 17.1 Å². The number of benzene rings is 2. The number of hydrogen-bond donors (Lipinski definition) is 1. The Bertz CT molecular complexity index is 1110. The average molecular weight is 391 g/mol. The molecule has 0 saturated heterocycles. The van der Waals surface area contributed by atoms with Gasteiger partial charge in [0, 0.05) is 36.1 Å². The minimum atomic E-state index is -3.63. The number of hydrogen-bond acceptors (Lipinski definition) is 3. The molecular weight excluding hydrogens is 372 g/mol. The highest BCUT2D eigenvalue weighted by Crippen LogP contribution is 2.33. The molecule has 26 heavy (non-hydrogen) atoms. The first-order valence-electron chi connectivity index (χ1n) is 8.34. The summed E-state index contributed by atoms with van der Waals surface area (Å²) in [7, 11) is -2.13. The van der Waals surface area contributed by atoms with Gasteiger partial charge in [0.1, 0.15) is 5.75 Å². The van der Waals surface area contributed by atoms with E-state index in [-0.39, 0.29) is 9.92 Å². The van der Waals surface area contributed by atoms with Crippen molar-refractivity contribution in [1.82, 2.24) is 9.29 Å². The van der Waals surface area contributed by atoms with Gasteiger partial charge in [-0.05, 0) is 42.8 Å². The fourth-order valence-corrected chi connectivity index (χ4v) is 5.22. The zero-order valence-corrected chi connectivity index (χ0v) is 16.1. The zero-order chi connectivity index (χ0) is 18.5. The van der Waals surface area contributed by atoms with Gasteiger partial charge in [-0.25, -0.2) is 8.42 Å². The first kappa shape index (κ1) is 17.4. The Balaban J connectivity index is 1.72. The first-order valence-corrected chi connectivity index (χ1v) is 10.2. The Morgan fingerprint density at radius 2 is 2.00 bits per heavy atom. The fraction of sp³-hybridized carbons (Fsp3) is 0.263. The normalized spacial score (nSPS) is 15.2. The van der Waals surface area contributed by atoms with Crippen LogP contribution in [0.25, 0.3) is 10.9 Å². The largest absolute Gasteiger partial charge is 0.495 e. The summed E-state index contributed by atoms with van der Waals surface area (Å²) in [5.74, 6) is 0.457. The maximum Gasteiger partial charge on any atom is 0.243 e. The number of aryl methyl sites for hydroxylation is 1. The molecule has 0 spiro atoms. The second-order valence-corrected chi connectivity index (χ2v) is 8.86. The molecule has 5 nitrogen and oxygen atoms in total. The van der Waals surface area contributed by atoms with Crippen molar-refractivity contribution in [3.63, 3.8) is 0 Å². The molecule has 1 aliphatic heterocycles. The van der Waals surface area contributed by atoms with Crippen LogP contribution in [0.3, 0.4) is 0 Å². The Kier molecular flexibility index (Phi) is 4.22.